The number of benzene rings is 1. The third-order valence-corrected chi connectivity index (χ3v) is 10.2. The summed E-state index contributed by atoms with van der Waals surface area (Å²) in [4.78, 5) is 22.4. The largest absolute Gasteiger partial charge is 0.395 e. The third kappa shape index (κ3) is 6.65. The maximum absolute atomic E-state index is 14.0. The molecule has 2 aliphatic heterocycles. The van der Waals surface area contributed by atoms with Crippen molar-refractivity contribution in [3.8, 4) is 11.3 Å². The number of rotatable bonds is 9. The summed E-state index contributed by atoms with van der Waals surface area (Å²) in [6.07, 6.45) is 5.65. The standard InChI is InChI=1S/C30H37F2N7O4S/c1-37-13-6-24(35-37)22-4-5-26(33-27(22)39-16-11-30(31,32)12-17-39)34-28(41)23-3-2-21(36-44(42,43)19-18-40)20-25(23)38-14-9-29(7-8-29)10-15-38/h2-6,13,20,36,40H,7-12,14-19H2,1H3,(H,33,34,41). The molecule has 1 spiro atoms. The average molecular weight is 630 g/mol. The van der Waals surface area contributed by atoms with E-state index in [1.807, 2.05) is 6.07 Å². The van der Waals surface area contributed by atoms with Crippen LogP contribution in [0.5, 0.6) is 0 Å². The van der Waals surface area contributed by atoms with Gasteiger partial charge in [-0.05, 0) is 67.5 Å². The van der Waals surface area contributed by atoms with Crippen LogP contribution in [-0.2, 0) is 17.1 Å². The van der Waals surface area contributed by atoms with Gasteiger partial charge < -0.3 is 20.2 Å². The van der Waals surface area contributed by atoms with Crippen molar-refractivity contribution in [3.05, 3.63) is 48.2 Å². The number of amides is 1. The van der Waals surface area contributed by atoms with Crippen molar-refractivity contribution in [1.29, 1.82) is 0 Å². The second-order valence-corrected chi connectivity index (χ2v) is 13.9. The first-order chi connectivity index (χ1) is 20.9. The fourth-order valence-electron chi connectivity index (χ4n) is 6.05. The zero-order valence-corrected chi connectivity index (χ0v) is 25.4. The lowest BCUT2D eigenvalue weighted by Gasteiger charge is -2.35. The number of anilines is 4. The fraction of sp³-hybridized carbons (Fsp3) is 0.500. The van der Waals surface area contributed by atoms with Gasteiger partial charge in [-0.3, -0.25) is 14.2 Å². The molecule has 3 N–H and O–H groups in total. The summed E-state index contributed by atoms with van der Waals surface area (Å²) >= 11 is 0. The highest BCUT2D eigenvalue weighted by Gasteiger charge is 2.44. The first kappa shape index (κ1) is 30.3. The number of pyridine rings is 1. The quantitative estimate of drug-likeness (QED) is 0.323. The van der Waals surface area contributed by atoms with Crippen LogP contribution >= 0.6 is 0 Å². The lowest BCUT2D eigenvalue weighted by atomic mass is 9.93. The summed E-state index contributed by atoms with van der Waals surface area (Å²) in [6, 6.07) is 10.0. The molecule has 1 saturated carbocycles. The second-order valence-electron chi connectivity index (χ2n) is 12.1. The number of carbonyl (C=O) groups is 1. The predicted molar refractivity (Wildman–Crippen MR) is 165 cm³/mol. The van der Waals surface area contributed by atoms with Crippen LogP contribution in [0.25, 0.3) is 11.3 Å². The Bertz CT molecular complexity index is 1640. The van der Waals surface area contributed by atoms with Crippen LogP contribution < -0.4 is 19.8 Å². The van der Waals surface area contributed by atoms with Crippen molar-refractivity contribution in [2.24, 2.45) is 12.5 Å². The molecule has 236 valence electrons. The smallest absolute Gasteiger partial charge is 0.258 e. The monoisotopic (exact) mass is 629 g/mol. The Balaban J connectivity index is 1.29. The Morgan fingerprint density at radius 3 is 2.32 bits per heavy atom. The number of aliphatic hydroxyl groups is 1. The van der Waals surface area contributed by atoms with Crippen LogP contribution in [0.15, 0.2) is 42.6 Å². The van der Waals surface area contributed by atoms with E-state index in [4.69, 9.17) is 10.1 Å². The van der Waals surface area contributed by atoms with Crippen LogP contribution in [0.2, 0.25) is 0 Å². The van der Waals surface area contributed by atoms with Crippen molar-refractivity contribution in [1.82, 2.24) is 14.8 Å². The summed E-state index contributed by atoms with van der Waals surface area (Å²) in [7, 11) is -1.97. The van der Waals surface area contributed by atoms with Crippen molar-refractivity contribution in [3.63, 3.8) is 0 Å². The maximum Gasteiger partial charge on any atom is 0.258 e. The van der Waals surface area contributed by atoms with Gasteiger partial charge in [0.25, 0.3) is 11.8 Å². The van der Waals surface area contributed by atoms with E-state index in [2.05, 4.69) is 20.0 Å². The number of carbonyl (C=O) groups excluding carboxylic acids is 1. The topological polar surface area (TPSA) is 133 Å². The van der Waals surface area contributed by atoms with Crippen LogP contribution in [0, 0.1) is 5.41 Å². The number of aromatic nitrogens is 3. The van der Waals surface area contributed by atoms with Gasteiger partial charge in [0.15, 0.2) is 0 Å². The van der Waals surface area contributed by atoms with E-state index in [-0.39, 0.29) is 31.7 Å². The molecule has 3 aliphatic rings. The number of nitrogens with zero attached hydrogens (tertiary/aromatic N) is 5. The molecule has 4 heterocycles. The summed E-state index contributed by atoms with van der Waals surface area (Å²) in [5, 5.41) is 16.5. The summed E-state index contributed by atoms with van der Waals surface area (Å²) in [6.45, 7) is 1.21. The lowest BCUT2D eigenvalue weighted by Crippen LogP contribution is -2.40. The third-order valence-electron chi connectivity index (χ3n) is 8.90. The van der Waals surface area contributed by atoms with Crippen molar-refractivity contribution in [2.45, 2.75) is 44.4 Å². The van der Waals surface area contributed by atoms with Gasteiger partial charge in [-0.25, -0.2) is 22.2 Å². The minimum atomic E-state index is -3.76. The Morgan fingerprint density at radius 1 is 0.977 bits per heavy atom. The van der Waals surface area contributed by atoms with Gasteiger partial charge in [-0.15, -0.1) is 0 Å². The highest BCUT2D eigenvalue weighted by atomic mass is 32.2. The molecule has 1 amide bonds. The van der Waals surface area contributed by atoms with Crippen LogP contribution in [0.3, 0.4) is 0 Å². The van der Waals surface area contributed by atoms with E-state index in [1.165, 1.54) is 18.9 Å². The number of alkyl halides is 2. The predicted octanol–water partition coefficient (Wildman–Crippen LogP) is 4.08. The molecule has 3 fully saturated rings. The van der Waals surface area contributed by atoms with E-state index in [9.17, 15) is 22.0 Å². The number of nitrogens with one attached hydrogen (secondary N) is 2. The Kier molecular flexibility index (Phi) is 7.99. The van der Waals surface area contributed by atoms with E-state index in [1.54, 1.807) is 47.1 Å². The number of hydrogen-bond acceptors (Lipinski definition) is 8. The molecule has 2 aromatic heterocycles. The highest BCUT2D eigenvalue weighted by molar-refractivity contribution is 7.92. The number of halogens is 2. The minimum Gasteiger partial charge on any atom is -0.395 e. The normalized spacial score (nSPS) is 19.2. The molecule has 1 aliphatic carbocycles. The molecular formula is C30H37F2N7O4S. The van der Waals surface area contributed by atoms with Gasteiger partial charge in [0.1, 0.15) is 11.6 Å². The molecule has 1 aromatic carbocycles. The molecule has 0 unspecified atom stereocenters. The molecule has 0 atom stereocenters. The highest BCUT2D eigenvalue weighted by Crippen LogP contribution is 2.54. The molecule has 14 heteroatoms. The van der Waals surface area contributed by atoms with E-state index in [0.29, 0.717) is 39.4 Å². The molecule has 0 bridgehead atoms. The first-order valence-electron chi connectivity index (χ1n) is 14.9. The van der Waals surface area contributed by atoms with Gasteiger partial charge in [0.2, 0.25) is 10.0 Å². The van der Waals surface area contributed by atoms with Crippen LogP contribution in [-0.4, -0.2) is 78.7 Å². The molecule has 6 rings (SSSR count). The van der Waals surface area contributed by atoms with E-state index in [0.717, 1.165) is 25.9 Å². The van der Waals surface area contributed by atoms with Gasteiger partial charge in [-0.1, -0.05) is 0 Å². The minimum absolute atomic E-state index is 0.117. The number of piperidine rings is 2. The first-order valence-corrected chi connectivity index (χ1v) is 16.6. The Labute approximate surface area is 255 Å². The molecule has 0 radical (unpaired) electrons. The zero-order chi connectivity index (χ0) is 31.1. The number of sulfonamides is 1. The Hall–Kier alpha value is -3.78. The van der Waals surface area contributed by atoms with Crippen molar-refractivity contribution >= 4 is 38.9 Å². The fourth-order valence-corrected chi connectivity index (χ4v) is 6.87. The van der Waals surface area contributed by atoms with Gasteiger partial charge >= 0.3 is 0 Å². The maximum atomic E-state index is 14.0. The van der Waals surface area contributed by atoms with Gasteiger partial charge in [-0.2, -0.15) is 5.10 Å². The van der Waals surface area contributed by atoms with Crippen molar-refractivity contribution < 1.29 is 27.1 Å². The second kappa shape index (κ2) is 11.6. The van der Waals surface area contributed by atoms with Gasteiger partial charge in [0, 0.05) is 57.8 Å². The zero-order valence-electron chi connectivity index (χ0n) is 24.6. The summed E-state index contributed by atoms with van der Waals surface area (Å²) < 4.78 is 56.8. The van der Waals surface area contributed by atoms with Crippen molar-refractivity contribution in [2.75, 3.05) is 58.4 Å². The van der Waals surface area contributed by atoms with E-state index >= 15 is 0 Å². The van der Waals surface area contributed by atoms with Gasteiger partial charge in [0.05, 0.1) is 35.0 Å². The molecule has 44 heavy (non-hydrogen) atoms. The average Bonchev–Trinajstić information content (AvgIpc) is 3.59. The molecule has 3 aromatic rings. The lowest BCUT2D eigenvalue weighted by molar-refractivity contribution is -0.0221. The number of hydrogen-bond donors (Lipinski definition) is 3. The van der Waals surface area contributed by atoms with Crippen LogP contribution in [0.4, 0.5) is 31.8 Å². The molecule has 2 saturated heterocycles. The molecule has 11 nitrogen and oxygen atoms in total. The Morgan fingerprint density at radius 2 is 1.68 bits per heavy atom. The van der Waals surface area contributed by atoms with Crippen LogP contribution in [0.1, 0.15) is 48.9 Å². The number of aryl methyl sites for hydroxylation is 1. The molecular weight excluding hydrogens is 592 g/mol. The number of aliphatic hydroxyl groups excluding tert-OH is 1. The van der Waals surface area contributed by atoms with E-state index < -0.39 is 34.2 Å². The SMILES string of the molecule is Cn1ccc(-c2ccc(NC(=O)c3ccc(NS(=O)(=O)CCO)cc3N3CCC4(CC3)CC4)nc2N2CCC(F)(F)CC2)n1. The summed E-state index contributed by atoms with van der Waals surface area (Å²) in [5.74, 6) is -2.86. The summed E-state index contributed by atoms with van der Waals surface area (Å²) in [5.41, 5.74) is 2.98.